The van der Waals surface area contributed by atoms with Gasteiger partial charge in [0, 0.05) is 11.6 Å². The van der Waals surface area contributed by atoms with E-state index in [2.05, 4.69) is 6.07 Å². The maximum atomic E-state index is 13.1. The Morgan fingerprint density at radius 2 is 1.85 bits per heavy atom. The number of carbonyl (C=O) groups is 2. The number of nitrogens with zero attached hydrogens (tertiary/aromatic N) is 2. The van der Waals surface area contributed by atoms with Gasteiger partial charge in [0.2, 0.25) is 0 Å². The van der Waals surface area contributed by atoms with E-state index in [1.54, 1.807) is 25.3 Å². The molecular weight excluding hydrogens is 375 g/mol. The highest BCUT2D eigenvalue weighted by Gasteiger charge is 2.24. The fourth-order valence-corrected chi connectivity index (χ4v) is 3.60. The van der Waals surface area contributed by atoms with Gasteiger partial charge >= 0.3 is 5.97 Å². The molecule has 0 amide bonds. The maximum Gasteiger partial charge on any atom is 0.337 e. The van der Waals surface area contributed by atoms with Crippen molar-refractivity contribution in [3.63, 3.8) is 0 Å². The molecule has 0 bridgehead atoms. The minimum absolute atomic E-state index is 0.0656. The lowest BCUT2D eigenvalue weighted by Gasteiger charge is -2.11. The van der Waals surface area contributed by atoms with Crippen LogP contribution in [0.3, 0.4) is 0 Å². The van der Waals surface area contributed by atoms with Crippen LogP contribution in [0.15, 0.2) is 30.5 Å². The zero-order valence-corrected chi connectivity index (χ0v) is 15.3. The number of carboxylic acids is 1. The molecule has 0 radical (unpaired) electrons. The molecule has 130 valence electrons. The zero-order valence-electron chi connectivity index (χ0n) is 13.8. The number of fused-ring (bicyclic) bond motifs is 1. The SMILES string of the molecule is Cc1cn(C(=O)c2c(Cl)ccc(C(=O)O)c2Cl)c2c(C)cc(C#N)cc12. The Kier molecular flexibility index (Phi) is 4.49. The summed E-state index contributed by atoms with van der Waals surface area (Å²) in [6.07, 6.45) is 1.63. The highest BCUT2D eigenvalue weighted by molar-refractivity contribution is 6.41. The molecule has 0 aliphatic heterocycles. The van der Waals surface area contributed by atoms with Crippen LogP contribution in [-0.4, -0.2) is 21.6 Å². The van der Waals surface area contributed by atoms with Crippen LogP contribution >= 0.6 is 23.2 Å². The highest BCUT2D eigenvalue weighted by atomic mass is 35.5. The summed E-state index contributed by atoms with van der Waals surface area (Å²) < 4.78 is 1.39. The number of hydrogen-bond donors (Lipinski definition) is 1. The topological polar surface area (TPSA) is 83.1 Å². The van der Waals surface area contributed by atoms with Gasteiger partial charge in [-0.15, -0.1) is 0 Å². The Bertz CT molecular complexity index is 1140. The van der Waals surface area contributed by atoms with Gasteiger partial charge in [-0.3, -0.25) is 9.36 Å². The van der Waals surface area contributed by atoms with E-state index in [1.807, 2.05) is 6.92 Å². The van der Waals surface area contributed by atoms with Gasteiger partial charge in [-0.25, -0.2) is 4.79 Å². The molecule has 0 fully saturated rings. The van der Waals surface area contributed by atoms with Gasteiger partial charge in [-0.2, -0.15) is 5.26 Å². The van der Waals surface area contributed by atoms with E-state index in [0.29, 0.717) is 11.1 Å². The molecule has 0 aliphatic carbocycles. The van der Waals surface area contributed by atoms with Crippen molar-refractivity contribution in [1.82, 2.24) is 4.57 Å². The van der Waals surface area contributed by atoms with Crippen molar-refractivity contribution < 1.29 is 14.7 Å². The number of aryl methyl sites for hydroxylation is 2. The Morgan fingerprint density at radius 3 is 2.46 bits per heavy atom. The van der Waals surface area contributed by atoms with Crippen molar-refractivity contribution in [1.29, 1.82) is 5.26 Å². The number of halogens is 2. The van der Waals surface area contributed by atoms with Crippen molar-refractivity contribution in [2.45, 2.75) is 13.8 Å². The Morgan fingerprint density at radius 1 is 1.15 bits per heavy atom. The van der Waals surface area contributed by atoms with E-state index >= 15 is 0 Å². The normalized spacial score (nSPS) is 10.7. The largest absolute Gasteiger partial charge is 0.478 e. The second-order valence-electron chi connectivity index (χ2n) is 5.88. The lowest BCUT2D eigenvalue weighted by molar-refractivity contribution is 0.0697. The standard InChI is InChI=1S/C19H12Cl2N2O3/c1-9-5-11(7-22)6-13-10(2)8-23(17(9)13)18(24)15-14(20)4-3-12(16(15)21)19(25)26/h3-6,8H,1-2H3,(H,25,26). The zero-order chi connectivity index (χ0) is 19.2. The molecule has 2 aromatic carbocycles. The number of hydrogen-bond acceptors (Lipinski definition) is 3. The van der Waals surface area contributed by atoms with Crippen LogP contribution in [0.1, 0.15) is 37.4 Å². The van der Waals surface area contributed by atoms with Crippen LogP contribution < -0.4 is 0 Å². The predicted octanol–water partition coefficient (Wildman–Crippen LogP) is 4.82. The molecule has 1 aromatic heterocycles. The third-order valence-corrected chi connectivity index (χ3v) is 4.88. The third-order valence-electron chi connectivity index (χ3n) is 4.17. The van der Waals surface area contributed by atoms with Gasteiger partial charge in [0.05, 0.1) is 38.3 Å². The second kappa shape index (κ2) is 6.49. The molecule has 3 rings (SSSR count). The molecule has 0 aliphatic rings. The lowest BCUT2D eigenvalue weighted by atomic mass is 10.1. The Labute approximate surface area is 159 Å². The van der Waals surface area contributed by atoms with E-state index in [0.717, 1.165) is 16.5 Å². The first-order valence-electron chi connectivity index (χ1n) is 7.54. The van der Waals surface area contributed by atoms with E-state index < -0.39 is 11.9 Å². The molecule has 1 heterocycles. The fourth-order valence-electron chi connectivity index (χ4n) is 2.99. The van der Waals surface area contributed by atoms with Crippen molar-refractivity contribution in [3.05, 3.63) is 68.3 Å². The average Bonchev–Trinajstić information content (AvgIpc) is 2.91. The van der Waals surface area contributed by atoms with Gasteiger partial charge in [-0.1, -0.05) is 23.2 Å². The summed E-state index contributed by atoms with van der Waals surface area (Å²) in [5.41, 5.74) is 2.38. The third kappa shape index (κ3) is 2.74. The Balaban J connectivity index is 2.30. The fraction of sp³-hybridized carbons (Fsp3) is 0.105. The first kappa shape index (κ1) is 18.0. The van der Waals surface area contributed by atoms with Crippen molar-refractivity contribution in [3.8, 4) is 6.07 Å². The second-order valence-corrected chi connectivity index (χ2v) is 6.66. The molecule has 0 spiro atoms. The number of carbonyl (C=O) groups excluding carboxylic acids is 1. The quantitative estimate of drug-likeness (QED) is 0.683. The minimum atomic E-state index is -1.25. The molecule has 0 saturated heterocycles. The Hall–Kier alpha value is -2.81. The molecule has 1 N–H and O–H groups in total. The molecule has 0 unspecified atom stereocenters. The van der Waals surface area contributed by atoms with Crippen LogP contribution in [0.5, 0.6) is 0 Å². The van der Waals surface area contributed by atoms with Crippen molar-refractivity contribution in [2.24, 2.45) is 0 Å². The van der Waals surface area contributed by atoms with E-state index in [-0.39, 0.29) is 21.2 Å². The number of rotatable bonds is 2. The first-order valence-corrected chi connectivity index (χ1v) is 8.30. The van der Waals surface area contributed by atoms with Gasteiger partial charge in [0.25, 0.3) is 5.91 Å². The van der Waals surface area contributed by atoms with Gasteiger partial charge in [0.1, 0.15) is 0 Å². The number of aromatic nitrogens is 1. The molecular formula is C19H12Cl2N2O3. The molecule has 3 aromatic rings. The number of benzene rings is 2. The molecule has 0 saturated carbocycles. The van der Waals surface area contributed by atoms with Crippen molar-refractivity contribution >= 4 is 46.0 Å². The van der Waals surface area contributed by atoms with Crippen LogP contribution in [0.4, 0.5) is 0 Å². The lowest BCUT2D eigenvalue weighted by Crippen LogP contribution is -2.14. The summed E-state index contributed by atoms with van der Waals surface area (Å²) in [6.45, 7) is 3.62. The first-order chi connectivity index (χ1) is 12.3. The highest BCUT2D eigenvalue weighted by Crippen LogP contribution is 2.32. The van der Waals surface area contributed by atoms with Crippen molar-refractivity contribution in [2.75, 3.05) is 0 Å². The summed E-state index contributed by atoms with van der Waals surface area (Å²) in [4.78, 5) is 24.4. The van der Waals surface area contributed by atoms with Gasteiger partial charge < -0.3 is 5.11 Å². The van der Waals surface area contributed by atoms with Gasteiger partial charge in [-0.05, 0) is 49.2 Å². The van der Waals surface area contributed by atoms with Gasteiger partial charge in [0.15, 0.2) is 0 Å². The van der Waals surface area contributed by atoms with Crippen LogP contribution in [0, 0.1) is 25.2 Å². The van der Waals surface area contributed by atoms with E-state index in [1.165, 1.54) is 16.7 Å². The monoisotopic (exact) mass is 386 g/mol. The predicted molar refractivity (Wildman–Crippen MR) is 99.3 cm³/mol. The minimum Gasteiger partial charge on any atom is -0.478 e. The smallest absolute Gasteiger partial charge is 0.337 e. The summed E-state index contributed by atoms with van der Waals surface area (Å²) in [5, 5.41) is 19.0. The molecule has 7 heteroatoms. The molecule has 5 nitrogen and oxygen atoms in total. The van der Waals surface area contributed by atoms with Crippen LogP contribution in [0.2, 0.25) is 10.0 Å². The number of carboxylic acid groups (broad SMARTS) is 1. The summed E-state index contributed by atoms with van der Waals surface area (Å²) in [5.74, 6) is -1.78. The number of nitriles is 1. The summed E-state index contributed by atoms with van der Waals surface area (Å²) >= 11 is 12.3. The average molecular weight is 387 g/mol. The maximum absolute atomic E-state index is 13.1. The summed E-state index contributed by atoms with van der Waals surface area (Å²) in [7, 11) is 0. The number of aromatic carboxylic acids is 1. The van der Waals surface area contributed by atoms with E-state index in [9.17, 15) is 14.7 Å². The van der Waals surface area contributed by atoms with Crippen LogP contribution in [-0.2, 0) is 0 Å². The molecule has 0 atom stereocenters. The van der Waals surface area contributed by atoms with E-state index in [4.69, 9.17) is 28.5 Å². The summed E-state index contributed by atoms with van der Waals surface area (Å²) in [6, 6.07) is 8.08. The van der Waals surface area contributed by atoms with Crippen LogP contribution in [0.25, 0.3) is 10.9 Å². The molecule has 26 heavy (non-hydrogen) atoms.